The summed E-state index contributed by atoms with van der Waals surface area (Å²) < 4.78 is 12.1. The maximum atomic E-state index is 5.29. The molecule has 0 radical (unpaired) electrons. The minimum Gasteiger partial charge on any atom is -0.383 e. The van der Waals surface area contributed by atoms with E-state index in [2.05, 4.69) is 15.6 Å². The van der Waals surface area contributed by atoms with E-state index in [9.17, 15) is 0 Å². The van der Waals surface area contributed by atoms with Crippen LogP contribution in [-0.2, 0) is 17.8 Å². The van der Waals surface area contributed by atoms with Gasteiger partial charge in [-0.2, -0.15) is 5.10 Å². The molecule has 0 bridgehead atoms. The van der Waals surface area contributed by atoms with Crippen molar-refractivity contribution in [1.29, 1.82) is 0 Å². The van der Waals surface area contributed by atoms with Crippen molar-refractivity contribution < 1.29 is 9.26 Å². The van der Waals surface area contributed by atoms with Crippen molar-refractivity contribution in [3.05, 3.63) is 24.2 Å². The quantitative estimate of drug-likeness (QED) is 0.750. The first-order chi connectivity index (χ1) is 8.83. The molecule has 2 heterocycles. The molecule has 0 spiro atoms. The summed E-state index contributed by atoms with van der Waals surface area (Å²) in [4.78, 5) is 0. The number of rotatable bonds is 7. The number of nitrogens with zero attached hydrogens (tertiary/aromatic N) is 3. The van der Waals surface area contributed by atoms with Crippen molar-refractivity contribution in [2.45, 2.75) is 20.0 Å². The van der Waals surface area contributed by atoms with Crippen LogP contribution in [0.25, 0.3) is 11.3 Å². The highest BCUT2D eigenvalue weighted by atomic mass is 16.5. The Kier molecular flexibility index (Phi) is 4.49. The Hall–Kier alpha value is -1.66. The molecule has 0 aromatic carbocycles. The van der Waals surface area contributed by atoms with Crippen LogP contribution < -0.4 is 5.32 Å². The second kappa shape index (κ2) is 6.32. The number of methoxy groups -OCH3 is 1. The normalized spacial score (nSPS) is 11.0. The molecule has 1 N–H and O–H groups in total. The van der Waals surface area contributed by atoms with Crippen LogP contribution in [0.15, 0.2) is 23.0 Å². The molecule has 0 unspecified atom stereocenters. The van der Waals surface area contributed by atoms with Crippen LogP contribution in [0, 0.1) is 0 Å². The van der Waals surface area contributed by atoms with Crippen molar-refractivity contribution in [1.82, 2.24) is 20.3 Å². The van der Waals surface area contributed by atoms with Crippen LogP contribution in [-0.4, -0.2) is 35.2 Å². The Morgan fingerprint density at radius 1 is 1.50 bits per heavy atom. The Morgan fingerprint density at radius 3 is 3.11 bits per heavy atom. The zero-order chi connectivity index (χ0) is 12.8. The second-order valence-electron chi connectivity index (χ2n) is 3.94. The highest BCUT2D eigenvalue weighted by Gasteiger charge is 2.08. The van der Waals surface area contributed by atoms with Gasteiger partial charge in [0.25, 0.3) is 0 Å². The fourth-order valence-corrected chi connectivity index (χ4v) is 1.59. The summed E-state index contributed by atoms with van der Waals surface area (Å²) in [5.41, 5.74) is 1.83. The van der Waals surface area contributed by atoms with E-state index in [4.69, 9.17) is 9.26 Å². The fourth-order valence-electron chi connectivity index (χ4n) is 1.59. The summed E-state index contributed by atoms with van der Waals surface area (Å²) in [6.07, 6.45) is 3.73. The molecule has 0 aliphatic carbocycles. The van der Waals surface area contributed by atoms with E-state index < -0.39 is 0 Å². The van der Waals surface area contributed by atoms with Gasteiger partial charge in [0.15, 0.2) is 5.76 Å². The van der Waals surface area contributed by atoms with E-state index in [-0.39, 0.29) is 0 Å². The third-order valence-corrected chi connectivity index (χ3v) is 2.59. The summed E-state index contributed by atoms with van der Waals surface area (Å²) in [6, 6.07) is 1.93. The molecular formula is C12H18N4O2. The number of hydrogen-bond acceptors (Lipinski definition) is 5. The summed E-state index contributed by atoms with van der Waals surface area (Å²) in [5, 5.41) is 11.4. The molecular weight excluding hydrogens is 232 g/mol. The molecule has 0 atom stereocenters. The Balaban J connectivity index is 1.93. The van der Waals surface area contributed by atoms with Gasteiger partial charge in [-0.05, 0) is 6.92 Å². The van der Waals surface area contributed by atoms with E-state index in [0.717, 1.165) is 30.1 Å². The van der Waals surface area contributed by atoms with E-state index in [1.54, 1.807) is 13.3 Å². The van der Waals surface area contributed by atoms with Gasteiger partial charge in [-0.3, -0.25) is 4.68 Å². The molecule has 0 aliphatic heterocycles. The lowest BCUT2D eigenvalue weighted by Gasteiger charge is -1.99. The number of aromatic nitrogens is 3. The molecule has 2 aromatic heterocycles. The zero-order valence-corrected chi connectivity index (χ0v) is 10.7. The number of nitrogens with one attached hydrogen (secondary N) is 1. The van der Waals surface area contributed by atoms with Gasteiger partial charge in [-0.25, -0.2) is 0 Å². The number of aryl methyl sites for hydroxylation is 1. The molecule has 0 aliphatic rings. The topological polar surface area (TPSA) is 65.1 Å². The summed E-state index contributed by atoms with van der Waals surface area (Å²) in [7, 11) is 1.68. The van der Waals surface area contributed by atoms with Gasteiger partial charge in [0.2, 0.25) is 0 Å². The summed E-state index contributed by atoms with van der Waals surface area (Å²) >= 11 is 0. The second-order valence-corrected chi connectivity index (χ2v) is 3.94. The van der Waals surface area contributed by atoms with Crippen molar-refractivity contribution in [2.75, 3.05) is 20.3 Å². The molecule has 0 amide bonds. The van der Waals surface area contributed by atoms with Crippen molar-refractivity contribution >= 4 is 0 Å². The average molecular weight is 250 g/mol. The summed E-state index contributed by atoms with van der Waals surface area (Å²) in [5.74, 6) is 0.748. The van der Waals surface area contributed by atoms with Gasteiger partial charge in [0.05, 0.1) is 24.1 Å². The van der Waals surface area contributed by atoms with Crippen LogP contribution in [0.3, 0.4) is 0 Å². The lowest BCUT2D eigenvalue weighted by atomic mass is 10.2. The van der Waals surface area contributed by atoms with Gasteiger partial charge in [-0.1, -0.05) is 5.16 Å². The van der Waals surface area contributed by atoms with Gasteiger partial charge in [0, 0.05) is 39.0 Å². The van der Waals surface area contributed by atoms with Crippen LogP contribution >= 0.6 is 0 Å². The molecule has 0 saturated heterocycles. The van der Waals surface area contributed by atoms with Crippen LogP contribution in [0.4, 0.5) is 0 Å². The first kappa shape index (κ1) is 12.8. The van der Waals surface area contributed by atoms with Gasteiger partial charge in [-0.15, -0.1) is 0 Å². The first-order valence-corrected chi connectivity index (χ1v) is 6.01. The fraction of sp³-hybridized carbons (Fsp3) is 0.500. The van der Waals surface area contributed by atoms with E-state index in [0.29, 0.717) is 13.2 Å². The Morgan fingerprint density at radius 2 is 2.39 bits per heavy atom. The first-order valence-electron chi connectivity index (χ1n) is 6.01. The minimum atomic E-state index is 0.675. The molecule has 6 heteroatoms. The van der Waals surface area contributed by atoms with Crippen LogP contribution in [0.2, 0.25) is 0 Å². The standard InChI is InChI=1S/C12H18N4O2/c1-3-16-9-10(7-14-16)12-6-11(15-18-12)8-13-4-5-17-2/h6-7,9,13H,3-5,8H2,1-2H3. The maximum Gasteiger partial charge on any atom is 0.170 e. The number of ether oxygens (including phenoxy) is 1. The van der Waals surface area contributed by atoms with E-state index >= 15 is 0 Å². The largest absolute Gasteiger partial charge is 0.383 e. The average Bonchev–Trinajstić information content (AvgIpc) is 3.03. The summed E-state index contributed by atoms with van der Waals surface area (Å²) in [6.45, 7) is 5.05. The monoisotopic (exact) mass is 250 g/mol. The van der Waals surface area contributed by atoms with Gasteiger partial charge < -0.3 is 14.6 Å². The molecule has 18 heavy (non-hydrogen) atoms. The number of hydrogen-bond donors (Lipinski definition) is 1. The molecule has 2 aromatic rings. The van der Waals surface area contributed by atoms with Crippen molar-refractivity contribution in [3.63, 3.8) is 0 Å². The Labute approximate surface area is 106 Å². The third-order valence-electron chi connectivity index (χ3n) is 2.59. The lowest BCUT2D eigenvalue weighted by molar-refractivity contribution is 0.199. The molecule has 6 nitrogen and oxygen atoms in total. The predicted molar refractivity (Wildman–Crippen MR) is 67.0 cm³/mol. The maximum absolute atomic E-state index is 5.29. The molecule has 0 fully saturated rings. The SMILES string of the molecule is CCn1cc(-c2cc(CNCCOC)no2)cn1. The zero-order valence-electron chi connectivity index (χ0n) is 10.7. The molecule has 0 saturated carbocycles. The molecule has 98 valence electrons. The van der Waals surface area contributed by atoms with E-state index in [1.807, 2.05) is 23.9 Å². The van der Waals surface area contributed by atoms with E-state index in [1.165, 1.54) is 0 Å². The highest BCUT2D eigenvalue weighted by molar-refractivity contribution is 5.54. The third kappa shape index (κ3) is 3.18. The van der Waals surface area contributed by atoms with Crippen molar-refractivity contribution in [2.24, 2.45) is 0 Å². The minimum absolute atomic E-state index is 0.675. The van der Waals surface area contributed by atoms with Crippen LogP contribution in [0.5, 0.6) is 0 Å². The highest BCUT2D eigenvalue weighted by Crippen LogP contribution is 2.19. The smallest absolute Gasteiger partial charge is 0.170 e. The Bertz CT molecular complexity index is 478. The van der Waals surface area contributed by atoms with Crippen molar-refractivity contribution in [3.8, 4) is 11.3 Å². The van der Waals surface area contributed by atoms with Gasteiger partial charge in [0.1, 0.15) is 0 Å². The molecule has 2 rings (SSSR count). The van der Waals surface area contributed by atoms with Crippen LogP contribution in [0.1, 0.15) is 12.6 Å². The predicted octanol–water partition coefficient (Wildman–Crippen LogP) is 1.29. The van der Waals surface area contributed by atoms with Gasteiger partial charge >= 0.3 is 0 Å². The lowest BCUT2D eigenvalue weighted by Crippen LogP contribution is -2.18.